The summed E-state index contributed by atoms with van der Waals surface area (Å²) in [5.74, 6) is -1.86. The summed E-state index contributed by atoms with van der Waals surface area (Å²) in [5.41, 5.74) is 1.40. The predicted molar refractivity (Wildman–Crippen MR) is 144 cm³/mol. The topological polar surface area (TPSA) is 95.9 Å². The van der Waals surface area contributed by atoms with Crippen molar-refractivity contribution < 1.29 is 37.4 Å². The number of hydrogen-bond donors (Lipinski definition) is 2. The second-order valence-corrected chi connectivity index (χ2v) is 11.5. The second-order valence-electron chi connectivity index (χ2n) is 11.1. The van der Waals surface area contributed by atoms with E-state index in [9.17, 15) is 27.6 Å². The number of carbonyl (C=O) groups is 3. The first-order valence-corrected chi connectivity index (χ1v) is 13.5. The maximum absolute atomic E-state index is 13.7. The molecule has 40 heavy (non-hydrogen) atoms. The van der Waals surface area contributed by atoms with E-state index in [1.165, 1.54) is 12.1 Å². The van der Waals surface area contributed by atoms with Crippen LogP contribution in [0.15, 0.2) is 42.5 Å². The standard InChI is InChI=1S/C29H34ClF3N2O5/c1-28(2,3)21-9-11-22(12-10-21)35(27(39)20-8-13-24(23(30)16-20)40-29(31,32)33)17-18-4-6-19(7-5-18)26(38)34-15-14-25(36)37/h4-8,13,16,21-22H,9-12,14-15,17H2,1-3H3,(H,34,38)(H,36,37). The smallest absolute Gasteiger partial charge is 0.481 e. The molecule has 2 aromatic rings. The van der Waals surface area contributed by atoms with Crippen molar-refractivity contribution in [2.45, 2.75) is 71.8 Å². The molecule has 0 heterocycles. The number of halogens is 4. The molecule has 0 unspecified atom stereocenters. The van der Waals surface area contributed by atoms with Gasteiger partial charge in [0.05, 0.1) is 11.4 Å². The van der Waals surface area contributed by atoms with Crippen LogP contribution in [0.2, 0.25) is 5.02 Å². The van der Waals surface area contributed by atoms with Crippen LogP contribution in [0.25, 0.3) is 0 Å². The largest absolute Gasteiger partial charge is 0.573 e. The highest BCUT2D eigenvalue weighted by atomic mass is 35.5. The molecule has 0 aromatic heterocycles. The summed E-state index contributed by atoms with van der Waals surface area (Å²) < 4.78 is 42.0. The van der Waals surface area contributed by atoms with Crippen LogP contribution in [0.5, 0.6) is 5.75 Å². The van der Waals surface area contributed by atoms with Crippen LogP contribution in [-0.2, 0) is 11.3 Å². The first-order valence-electron chi connectivity index (χ1n) is 13.1. The third-order valence-corrected chi connectivity index (χ3v) is 7.52. The molecule has 0 atom stereocenters. The SMILES string of the molecule is CC(C)(C)C1CCC(N(Cc2ccc(C(=O)NCCC(=O)O)cc2)C(=O)c2ccc(OC(F)(F)F)c(Cl)c2)CC1. The maximum Gasteiger partial charge on any atom is 0.573 e. The minimum Gasteiger partial charge on any atom is -0.481 e. The highest BCUT2D eigenvalue weighted by Crippen LogP contribution is 2.40. The second kappa shape index (κ2) is 12.9. The van der Waals surface area contributed by atoms with Crippen molar-refractivity contribution in [1.82, 2.24) is 10.2 Å². The number of ether oxygens (including phenoxy) is 1. The van der Waals surface area contributed by atoms with Crippen LogP contribution in [0.1, 0.15) is 79.2 Å². The number of rotatable bonds is 9. The fourth-order valence-electron chi connectivity index (χ4n) is 4.97. The van der Waals surface area contributed by atoms with Crippen molar-refractivity contribution in [3.8, 4) is 5.75 Å². The summed E-state index contributed by atoms with van der Waals surface area (Å²) in [6, 6.07) is 10.1. The Bertz CT molecular complexity index is 1200. The lowest BCUT2D eigenvalue weighted by Gasteiger charge is -2.41. The number of benzene rings is 2. The Kier molecular flexibility index (Phi) is 10.1. The summed E-state index contributed by atoms with van der Waals surface area (Å²) in [6.45, 7) is 6.83. The van der Waals surface area contributed by atoms with Gasteiger partial charge in [-0.1, -0.05) is 44.5 Å². The number of alkyl halides is 3. The zero-order valence-electron chi connectivity index (χ0n) is 22.7. The molecule has 0 bridgehead atoms. The van der Waals surface area contributed by atoms with Gasteiger partial charge in [0.15, 0.2) is 0 Å². The average molecular weight is 583 g/mol. The van der Waals surface area contributed by atoms with Crippen LogP contribution >= 0.6 is 11.6 Å². The fourth-order valence-corrected chi connectivity index (χ4v) is 5.19. The van der Waals surface area contributed by atoms with Crippen LogP contribution < -0.4 is 10.1 Å². The van der Waals surface area contributed by atoms with Gasteiger partial charge in [0, 0.05) is 30.3 Å². The molecule has 1 saturated carbocycles. The molecular formula is C29H34ClF3N2O5. The number of amides is 2. The average Bonchev–Trinajstić information content (AvgIpc) is 2.87. The summed E-state index contributed by atoms with van der Waals surface area (Å²) in [4.78, 5) is 38.4. The van der Waals surface area contributed by atoms with Crippen LogP contribution in [0.3, 0.4) is 0 Å². The molecule has 218 valence electrons. The van der Waals surface area contributed by atoms with Crippen LogP contribution in [0, 0.1) is 11.3 Å². The van der Waals surface area contributed by atoms with Crippen molar-refractivity contribution in [3.05, 3.63) is 64.2 Å². The minimum absolute atomic E-state index is 0.00476. The van der Waals surface area contributed by atoms with E-state index in [0.717, 1.165) is 37.3 Å². The lowest BCUT2D eigenvalue weighted by atomic mass is 9.71. The zero-order chi connectivity index (χ0) is 29.7. The molecule has 11 heteroatoms. The van der Waals surface area contributed by atoms with Crippen LogP contribution in [0.4, 0.5) is 13.2 Å². The number of nitrogens with one attached hydrogen (secondary N) is 1. The third kappa shape index (κ3) is 8.87. The fraction of sp³-hybridized carbons (Fsp3) is 0.483. The Labute approximate surface area is 236 Å². The Hall–Kier alpha value is -3.27. The summed E-state index contributed by atoms with van der Waals surface area (Å²) in [5, 5.41) is 11.0. The molecule has 1 fully saturated rings. The zero-order valence-corrected chi connectivity index (χ0v) is 23.4. The quantitative estimate of drug-likeness (QED) is 0.343. The van der Waals surface area contributed by atoms with E-state index in [1.54, 1.807) is 29.2 Å². The van der Waals surface area contributed by atoms with Crippen molar-refractivity contribution in [2.75, 3.05) is 6.54 Å². The number of hydrogen-bond acceptors (Lipinski definition) is 4. The van der Waals surface area contributed by atoms with Crippen LogP contribution in [-0.4, -0.2) is 46.7 Å². The highest BCUT2D eigenvalue weighted by molar-refractivity contribution is 6.32. The first kappa shape index (κ1) is 31.3. The Morgan fingerprint density at radius 3 is 2.12 bits per heavy atom. The third-order valence-electron chi connectivity index (χ3n) is 7.22. The molecule has 2 aromatic carbocycles. The Morgan fingerprint density at radius 2 is 1.60 bits per heavy atom. The van der Waals surface area contributed by atoms with Gasteiger partial charge in [0.2, 0.25) is 0 Å². The number of aliphatic carboxylic acids is 1. The van der Waals surface area contributed by atoms with E-state index in [4.69, 9.17) is 16.7 Å². The summed E-state index contributed by atoms with van der Waals surface area (Å²) in [6.07, 6.45) is -1.67. The van der Waals surface area contributed by atoms with Gasteiger partial charge in [0.25, 0.3) is 11.8 Å². The van der Waals surface area contributed by atoms with Crippen molar-refractivity contribution in [1.29, 1.82) is 0 Å². The maximum atomic E-state index is 13.7. The Morgan fingerprint density at radius 1 is 1.00 bits per heavy atom. The van der Waals surface area contributed by atoms with E-state index in [-0.39, 0.29) is 47.5 Å². The highest BCUT2D eigenvalue weighted by Gasteiger charge is 2.35. The molecular weight excluding hydrogens is 549 g/mol. The number of carbonyl (C=O) groups excluding carboxylic acids is 2. The predicted octanol–water partition coefficient (Wildman–Crippen LogP) is 6.69. The van der Waals surface area contributed by atoms with E-state index in [0.29, 0.717) is 11.5 Å². The van der Waals surface area contributed by atoms with Crippen molar-refractivity contribution in [3.63, 3.8) is 0 Å². The van der Waals surface area contributed by atoms with Gasteiger partial charge in [-0.15, -0.1) is 13.2 Å². The lowest BCUT2D eigenvalue weighted by Crippen LogP contribution is -2.43. The summed E-state index contributed by atoms with van der Waals surface area (Å²) in [7, 11) is 0. The molecule has 1 aliphatic carbocycles. The van der Waals surface area contributed by atoms with Crippen molar-refractivity contribution in [2.24, 2.45) is 11.3 Å². The molecule has 3 rings (SSSR count). The molecule has 2 N–H and O–H groups in total. The first-order chi connectivity index (χ1) is 18.6. The van der Waals surface area contributed by atoms with Gasteiger partial charge in [0.1, 0.15) is 5.75 Å². The normalized spacial score (nSPS) is 17.7. The van der Waals surface area contributed by atoms with E-state index in [2.05, 4.69) is 30.8 Å². The van der Waals surface area contributed by atoms with Gasteiger partial charge < -0.3 is 20.1 Å². The molecule has 0 spiro atoms. The number of carboxylic acids is 1. The van der Waals surface area contributed by atoms with Gasteiger partial charge >= 0.3 is 12.3 Å². The minimum atomic E-state index is -4.91. The van der Waals surface area contributed by atoms with E-state index >= 15 is 0 Å². The van der Waals surface area contributed by atoms with Gasteiger partial charge in [-0.2, -0.15) is 0 Å². The number of nitrogens with zero attached hydrogens (tertiary/aromatic N) is 1. The van der Waals surface area contributed by atoms with E-state index < -0.39 is 24.0 Å². The molecule has 0 saturated heterocycles. The van der Waals surface area contributed by atoms with Crippen molar-refractivity contribution >= 4 is 29.4 Å². The molecule has 0 aliphatic heterocycles. The van der Waals surface area contributed by atoms with Gasteiger partial charge in [-0.3, -0.25) is 14.4 Å². The van der Waals surface area contributed by atoms with Gasteiger partial charge in [-0.05, 0) is 72.9 Å². The monoisotopic (exact) mass is 582 g/mol. The van der Waals surface area contributed by atoms with E-state index in [1.807, 2.05) is 0 Å². The molecule has 1 aliphatic rings. The lowest BCUT2D eigenvalue weighted by molar-refractivity contribution is -0.274. The molecule has 0 radical (unpaired) electrons. The number of carboxylic acid groups (broad SMARTS) is 1. The molecule has 7 nitrogen and oxygen atoms in total. The van der Waals surface area contributed by atoms with Gasteiger partial charge in [-0.25, -0.2) is 0 Å². The molecule has 2 amide bonds. The summed E-state index contributed by atoms with van der Waals surface area (Å²) >= 11 is 6.03. The Balaban J connectivity index is 1.81.